The number of carbonyl (C=O) groups excluding carboxylic acids is 1. The third-order valence-electron chi connectivity index (χ3n) is 6.02. The first-order valence-corrected chi connectivity index (χ1v) is 13.8. The Hall–Kier alpha value is -3.10. The molecule has 1 fully saturated rings. The second-order valence-corrected chi connectivity index (χ2v) is 10.6. The van der Waals surface area contributed by atoms with Gasteiger partial charge in [0.2, 0.25) is 5.91 Å². The van der Waals surface area contributed by atoms with E-state index in [0.717, 1.165) is 36.0 Å². The minimum Gasteiger partial charge on any atom is -0.457 e. The number of thiophene rings is 1. The summed E-state index contributed by atoms with van der Waals surface area (Å²) in [6, 6.07) is 21.7. The van der Waals surface area contributed by atoms with E-state index in [4.69, 9.17) is 4.74 Å². The molecule has 0 bridgehead atoms. The van der Waals surface area contributed by atoms with E-state index >= 15 is 0 Å². The topological polar surface area (TPSA) is 69.0 Å². The van der Waals surface area contributed by atoms with Crippen molar-refractivity contribution in [1.29, 1.82) is 0 Å². The van der Waals surface area contributed by atoms with Crippen molar-refractivity contribution in [1.82, 2.24) is 14.8 Å². The van der Waals surface area contributed by atoms with E-state index in [9.17, 15) is 4.79 Å². The SMILES string of the molecule is O=C(CSc1nnc(Cc2cccs2)n1C1CCCCC1)Nc1cccc(Oc2ccccc2)c1. The molecule has 4 aromatic rings. The van der Waals surface area contributed by atoms with Gasteiger partial charge in [-0.3, -0.25) is 4.79 Å². The number of thioether (sulfide) groups is 1. The van der Waals surface area contributed by atoms with Crippen LogP contribution in [0.5, 0.6) is 11.5 Å². The van der Waals surface area contributed by atoms with Crippen LogP contribution in [0, 0.1) is 0 Å². The number of para-hydroxylation sites is 1. The fourth-order valence-electron chi connectivity index (χ4n) is 4.39. The highest BCUT2D eigenvalue weighted by Crippen LogP contribution is 2.33. The molecule has 180 valence electrons. The van der Waals surface area contributed by atoms with E-state index in [0.29, 0.717) is 17.5 Å². The van der Waals surface area contributed by atoms with Crippen molar-refractivity contribution in [3.63, 3.8) is 0 Å². The van der Waals surface area contributed by atoms with Crippen molar-refractivity contribution in [3.8, 4) is 11.5 Å². The Morgan fingerprint density at radius 3 is 2.63 bits per heavy atom. The number of nitrogens with zero attached hydrogens (tertiary/aromatic N) is 3. The van der Waals surface area contributed by atoms with Crippen LogP contribution in [0.1, 0.15) is 48.8 Å². The van der Waals surface area contributed by atoms with E-state index in [1.807, 2.05) is 54.6 Å². The first kappa shape index (κ1) is 23.6. The summed E-state index contributed by atoms with van der Waals surface area (Å²) >= 11 is 3.20. The van der Waals surface area contributed by atoms with Crippen LogP contribution < -0.4 is 10.1 Å². The predicted molar refractivity (Wildman–Crippen MR) is 142 cm³/mol. The molecule has 1 aliphatic rings. The molecule has 1 N–H and O–H groups in total. The van der Waals surface area contributed by atoms with Crippen molar-refractivity contribution >= 4 is 34.7 Å². The van der Waals surface area contributed by atoms with Crippen LogP contribution in [0.15, 0.2) is 77.3 Å². The second kappa shape index (κ2) is 11.6. The minimum atomic E-state index is -0.0788. The number of amides is 1. The smallest absolute Gasteiger partial charge is 0.234 e. The molecular formula is C27H28N4O2S2. The number of hydrogen-bond acceptors (Lipinski definition) is 6. The average molecular weight is 505 g/mol. The normalized spacial score (nSPS) is 14.1. The number of hydrogen-bond donors (Lipinski definition) is 1. The number of anilines is 1. The summed E-state index contributed by atoms with van der Waals surface area (Å²) in [4.78, 5) is 14.1. The van der Waals surface area contributed by atoms with Gasteiger partial charge in [0.1, 0.15) is 17.3 Å². The maximum absolute atomic E-state index is 12.8. The molecule has 2 aromatic heterocycles. The zero-order valence-corrected chi connectivity index (χ0v) is 21.1. The first-order chi connectivity index (χ1) is 17.2. The minimum absolute atomic E-state index is 0.0788. The van der Waals surface area contributed by atoms with Gasteiger partial charge in [0.05, 0.1) is 5.75 Å². The molecular weight excluding hydrogens is 476 g/mol. The zero-order valence-electron chi connectivity index (χ0n) is 19.4. The average Bonchev–Trinajstić information content (AvgIpc) is 3.54. The van der Waals surface area contributed by atoms with Gasteiger partial charge in [0, 0.05) is 29.1 Å². The van der Waals surface area contributed by atoms with Crippen molar-refractivity contribution in [3.05, 3.63) is 82.8 Å². The van der Waals surface area contributed by atoms with Crippen LogP contribution in [0.25, 0.3) is 0 Å². The highest BCUT2D eigenvalue weighted by molar-refractivity contribution is 7.99. The summed E-state index contributed by atoms with van der Waals surface area (Å²) in [7, 11) is 0. The Balaban J connectivity index is 1.24. The van der Waals surface area contributed by atoms with E-state index in [2.05, 4.69) is 37.6 Å². The van der Waals surface area contributed by atoms with Crippen LogP contribution in [0.2, 0.25) is 0 Å². The van der Waals surface area contributed by atoms with Gasteiger partial charge in [-0.15, -0.1) is 21.5 Å². The summed E-state index contributed by atoms with van der Waals surface area (Å²) in [5.74, 6) is 2.62. The van der Waals surface area contributed by atoms with E-state index in [1.54, 1.807) is 11.3 Å². The quantitative estimate of drug-likeness (QED) is 0.250. The van der Waals surface area contributed by atoms with Crippen LogP contribution in [-0.4, -0.2) is 26.4 Å². The molecule has 0 radical (unpaired) electrons. The Morgan fingerprint density at radius 2 is 1.83 bits per heavy atom. The van der Waals surface area contributed by atoms with Crippen molar-refractivity contribution in [2.75, 3.05) is 11.1 Å². The van der Waals surface area contributed by atoms with Gasteiger partial charge in [0.15, 0.2) is 5.16 Å². The number of benzene rings is 2. The molecule has 5 rings (SSSR count). The van der Waals surface area contributed by atoms with Crippen LogP contribution in [0.4, 0.5) is 5.69 Å². The Labute approximate surface area is 213 Å². The Morgan fingerprint density at radius 1 is 1.00 bits per heavy atom. The summed E-state index contributed by atoms with van der Waals surface area (Å²) in [5.41, 5.74) is 0.705. The molecule has 0 saturated heterocycles. The molecule has 0 aliphatic heterocycles. The van der Waals surface area contributed by atoms with Gasteiger partial charge in [0.25, 0.3) is 0 Å². The van der Waals surface area contributed by atoms with Crippen LogP contribution in [0.3, 0.4) is 0 Å². The highest BCUT2D eigenvalue weighted by atomic mass is 32.2. The largest absolute Gasteiger partial charge is 0.457 e. The third kappa shape index (κ3) is 6.32. The van der Waals surface area contributed by atoms with Crippen molar-refractivity contribution < 1.29 is 9.53 Å². The summed E-state index contributed by atoms with van der Waals surface area (Å²) < 4.78 is 8.18. The Kier molecular flexibility index (Phi) is 7.80. The Bertz CT molecular complexity index is 1240. The molecule has 8 heteroatoms. The van der Waals surface area contributed by atoms with Gasteiger partial charge in [-0.05, 0) is 48.6 Å². The highest BCUT2D eigenvalue weighted by Gasteiger charge is 2.23. The molecule has 6 nitrogen and oxygen atoms in total. The van der Waals surface area contributed by atoms with Crippen LogP contribution in [-0.2, 0) is 11.2 Å². The second-order valence-electron chi connectivity index (χ2n) is 8.60. The van der Waals surface area contributed by atoms with Crippen molar-refractivity contribution in [2.24, 2.45) is 0 Å². The van der Waals surface area contributed by atoms with Gasteiger partial charge in [-0.1, -0.05) is 61.4 Å². The first-order valence-electron chi connectivity index (χ1n) is 12.0. The summed E-state index contributed by atoms with van der Waals surface area (Å²) in [6.45, 7) is 0. The van der Waals surface area contributed by atoms with Gasteiger partial charge < -0.3 is 14.6 Å². The van der Waals surface area contributed by atoms with Gasteiger partial charge >= 0.3 is 0 Å². The van der Waals surface area contributed by atoms with E-state index in [-0.39, 0.29) is 11.7 Å². The monoisotopic (exact) mass is 504 g/mol. The van der Waals surface area contributed by atoms with Gasteiger partial charge in [-0.2, -0.15) is 0 Å². The lowest BCUT2D eigenvalue weighted by Crippen LogP contribution is -2.18. The fraction of sp³-hybridized carbons (Fsp3) is 0.296. The molecule has 2 heterocycles. The fourth-order valence-corrected chi connectivity index (χ4v) is 5.92. The van der Waals surface area contributed by atoms with E-state index in [1.165, 1.54) is 35.9 Å². The molecule has 1 saturated carbocycles. The molecule has 1 aliphatic carbocycles. The molecule has 0 unspecified atom stereocenters. The molecule has 0 spiro atoms. The summed E-state index contributed by atoms with van der Waals surface area (Å²) in [5, 5.41) is 14.9. The van der Waals surface area contributed by atoms with Crippen molar-refractivity contribution in [2.45, 2.75) is 49.7 Å². The number of rotatable bonds is 9. The molecule has 0 atom stereocenters. The predicted octanol–water partition coefficient (Wildman–Crippen LogP) is 6.96. The van der Waals surface area contributed by atoms with E-state index < -0.39 is 0 Å². The number of aromatic nitrogens is 3. The molecule has 35 heavy (non-hydrogen) atoms. The van der Waals surface area contributed by atoms with Crippen LogP contribution >= 0.6 is 23.1 Å². The third-order valence-corrected chi connectivity index (χ3v) is 7.84. The lowest BCUT2D eigenvalue weighted by molar-refractivity contribution is -0.113. The molecule has 1 amide bonds. The number of ether oxygens (including phenoxy) is 1. The van der Waals surface area contributed by atoms with Gasteiger partial charge in [-0.25, -0.2) is 0 Å². The molecule has 2 aromatic carbocycles. The maximum Gasteiger partial charge on any atom is 0.234 e. The number of nitrogens with one attached hydrogen (secondary N) is 1. The lowest BCUT2D eigenvalue weighted by atomic mass is 9.95. The number of carbonyl (C=O) groups is 1. The zero-order chi connectivity index (χ0) is 23.9. The maximum atomic E-state index is 12.8. The lowest BCUT2D eigenvalue weighted by Gasteiger charge is -2.25. The standard InChI is InChI=1S/C27H28N4O2S2/c32-26(28-20-9-7-14-23(17-20)33-22-12-5-2-6-13-22)19-35-27-30-29-25(18-24-15-8-16-34-24)31(27)21-10-3-1-4-11-21/h2,5-9,12-17,21H,1,3-4,10-11,18-19H2,(H,28,32). The summed E-state index contributed by atoms with van der Waals surface area (Å²) in [6.07, 6.45) is 6.81.